The van der Waals surface area contributed by atoms with Crippen LogP contribution in [0.2, 0.25) is 0 Å². The van der Waals surface area contributed by atoms with Gasteiger partial charge < -0.3 is 20.9 Å². The Hall–Kier alpha value is -1.40. The average molecular weight is 266 g/mol. The number of hydrogen-bond acceptors (Lipinski definition) is 6. The van der Waals surface area contributed by atoms with Crippen molar-refractivity contribution in [3.05, 3.63) is 11.9 Å². The molecule has 6 nitrogen and oxygen atoms in total. The monoisotopic (exact) mass is 266 g/mol. The zero-order chi connectivity index (χ0) is 13.7. The molecule has 6 heteroatoms. The van der Waals surface area contributed by atoms with Crippen LogP contribution in [-0.4, -0.2) is 34.8 Å². The molecule has 0 spiro atoms. The molecule has 4 N–H and O–H groups in total. The molecule has 0 amide bonds. The summed E-state index contributed by atoms with van der Waals surface area (Å²) < 4.78 is 5.00. The molecule has 0 saturated heterocycles. The first-order valence-electron chi connectivity index (χ1n) is 6.73. The third-order valence-electron chi connectivity index (χ3n) is 3.48. The van der Waals surface area contributed by atoms with Crippen molar-refractivity contribution in [3.8, 4) is 0 Å². The third kappa shape index (κ3) is 4.04. The predicted molar refractivity (Wildman–Crippen MR) is 73.6 cm³/mol. The maximum absolute atomic E-state index is 9.92. The van der Waals surface area contributed by atoms with Crippen LogP contribution in [0.1, 0.15) is 31.5 Å². The predicted octanol–water partition coefficient (Wildman–Crippen LogP) is 1.17. The molecule has 2 atom stereocenters. The highest BCUT2D eigenvalue weighted by molar-refractivity contribution is 5.44. The molecule has 2 rings (SSSR count). The van der Waals surface area contributed by atoms with Gasteiger partial charge >= 0.3 is 0 Å². The summed E-state index contributed by atoms with van der Waals surface area (Å²) >= 11 is 0. The summed E-state index contributed by atoms with van der Waals surface area (Å²) in [7, 11) is 1.60. The minimum atomic E-state index is -0.209. The van der Waals surface area contributed by atoms with E-state index >= 15 is 0 Å². The standard InChI is InChI=1S/C13H22N4O2/c1-19-8-13-16-11(14)6-12(17-13)15-7-9-4-2-3-5-10(9)18/h6,9-10,18H,2-5,7-8H2,1H3,(H3,14,15,16,17). The van der Waals surface area contributed by atoms with Crippen molar-refractivity contribution in [1.82, 2.24) is 9.97 Å². The van der Waals surface area contributed by atoms with Crippen LogP contribution < -0.4 is 11.1 Å². The quantitative estimate of drug-likeness (QED) is 0.740. The van der Waals surface area contributed by atoms with E-state index in [1.165, 1.54) is 6.42 Å². The molecule has 1 aliphatic rings. The van der Waals surface area contributed by atoms with Gasteiger partial charge in [0, 0.05) is 25.6 Å². The van der Waals surface area contributed by atoms with Gasteiger partial charge in [-0.25, -0.2) is 9.97 Å². The number of anilines is 2. The number of hydrogen-bond donors (Lipinski definition) is 3. The number of ether oxygens (including phenoxy) is 1. The van der Waals surface area contributed by atoms with Crippen LogP contribution in [-0.2, 0) is 11.3 Å². The van der Waals surface area contributed by atoms with Gasteiger partial charge in [0.05, 0.1) is 6.10 Å². The Bertz CT molecular complexity index is 414. The largest absolute Gasteiger partial charge is 0.393 e. The fourth-order valence-corrected chi connectivity index (χ4v) is 2.46. The molecule has 0 aromatic carbocycles. The van der Waals surface area contributed by atoms with Crippen molar-refractivity contribution in [1.29, 1.82) is 0 Å². The van der Waals surface area contributed by atoms with Gasteiger partial charge in [0.15, 0.2) is 5.82 Å². The zero-order valence-corrected chi connectivity index (χ0v) is 11.3. The number of rotatable bonds is 5. The zero-order valence-electron chi connectivity index (χ0n) is 11.3. The lowest BCUT2D eigenvalue weighted by Gasteiger charge is -2.27. The van der Waals surface area contributed by atoms with Gasteiger partial charge in [-0.1, -0.05) is 12.8 Å². The Morgan fingerprint density at radius 1 is 1.42 bits per heavy atom. The maximum Gasteiger partial charge on any atom is 0.158 e. The normalized spacial score (nSPS) is 23.3. The Labute approximate surface area is 113 Å². The number of nitrogens with zero attached hydrogens (tertiary/aromatic N) is 2. The second-order valence-corrected chi connectivity index (χ2v) is 5.02. The first kappa shape index (κ1) is 14.0. The van der Waals surface area contributed by atoms with E-state index in [0.29, 0.717) is 30.6 Å². The van der Waals surface area contributed by atoms with Crippen molar-refractivity contribution in [2.75, 3.05) is 24.7 Å². The number of nitrogen functional groups attached to an aromatic ring is 1. The summed E-state index contributed by atoms with van der Waals surface area (Å²) in [5, 5.41) is 13.2. The van der Waals surface area contributed by atoms with Crippen LogP contribution >= 0.6 is 0 Å². The van der Waals surface area contributed by atoms with E-state index in [1.807, 2.05) is 0 Å². The van der Waals surface area contributed by atoms with E-state index < -0.39 is 0 Å². The highest BCUT2D eigenvalue weighted by Gasteiger charge is 2.22. The Morgan fingerprint density at radius 2 is 2.21 bits per heavy atom. The van der Waals surface area contributed by atoms with E-state index in [9.17, 15) is 5.11 Å². The van der Waals surface area contributed by atoms with E-state index in [1.54, 1.807) is 13.2 Å². The summed E-state index contributed by atoms with van der Waals surface area (Å²) in [6, 6.07) is 1.70. The first-order chi connectivity index (χ1) is 9.19. The fraction of sp³-hybridized carbons (Fsp3) is 0.692. The molecule has 1 fully saturated rings. The molecular weight excluding hydrogens is 244 g/mol. The molecule has 0 bridgehead atoms. The summed E-state index contributed by atoms with van der Waals surface area (Å²) in [6.45, 7) is 1.05. The van der Waals surface area contributed by atoms with Gasteiger partial charge in [-0.15, -0.1) is 0 Å². The number of aliphatic hydroxyl groups is 1. The van der Waals surface area contributed by atoms with Gasteiger partial charge in [-0.2, -0.15) is 0 Å². The molecule has 19 heavy (non-hydrogen) atoms. The van der Waals surface area contributed by atoms with E-state index in [2.05, 4.69) is 15.3 Å². The number of methoxy groups -OCH3 is 1. The lowest BCUT2D eigenvalue weighted by molar-refractivity contribution is 0.0763. The maximum atomic E-state index is 9.92. The van der Waals surface area contributed by atoms with Crippen LogP contribution in [0.5, 0.6) is 0 Å². The highest BCUT2D eigenvalue weighted by atomic mass is 16.5. The Balaban J connectivity index is 1.94. The van der Waals surface area contributed by atoms with Crippen LogP contribution in [0, 0.1) is 5.92 Å². The lowest BCUT2D eigenvalue weighted by Crippen LogP contribution is -2.30. The topological polar surface area (TPSA) is 93.3 Å². The van der Waals surface area contributed by atoms with Crippen LogP contribution in [0.15, 0.2) is 6.07 Å². The number of aliphatic hydroxyl groups excluding tert-OH is 1. The van der Waals surface area contributed by atoms with Gasteiger partial charge in [0.2, 0.25) is 0 Å². The van der Waals surface area contributed by atoms with Crippen molar-refractivity contribution < 1.29 is 9.84 Å². The van der Waals surface area contributed by atoms with E-state index in [4.69, 9.17) is 10.5 Å². The molecule has 1 aliphatic carbocycles. The number of aromatic nitrogens is 2. The average Bonchev–Trinajstić information content (AvgIpc) is 2.37. The molecule has 1 aromatic heterocycles. The molecule has 0 aliphatic heterocycles. The molecular formula is C13H22N4O2. The van der Waals surface area contributed by atoms with Gasteiger partial charge in [0.25, 0.3) is 0 Å². The van der Waals surface area contributed by atoms with E-state index in [-0.39, 0.29) is 12.0 Å². The SMILES string of the molecule is COCc1nc(N)cc(NCC2CCCCC2O)n1. The summed E-state index contributed by atoms with van der Waals surface area (Å²) in [4.78, 5) is 8.41. The van der Waals surface area contributed by atoms with Crippen molar-refractivity contribution in [3.63, 3.8) is 0 Å². The highest BCUT2D eigenvalue weighted by Crippen LogP contribution is 2.24. The fourth-order valence-electron chi connectivity index (χ4n) is 2.46. The van der Waals surface area contributed by atoms with Crippen LogP contribution in [0.4, 0.5) is 11.6 Å². The number of nitrogens with two attached hydrogens (primary N) is 1. The van der Waals surface area contributed by atoms with Crippen LogP contribution in [0.25, 0.3) is 0 Å². The van der Waals surface area contributed by atoms with Gasteiger partial charge in [-0.3, -0.25) is 0 Å². The minimum Gasteiger partial charge on any atom is -0.393 e. The van der Waals surface area contributed by atoms with Crippen molar-refractivity contribution in [2.45, 2.75) is 38.4 Å². The third-order valence-corrected chi connectivity index (χ3v) is 3.48. The van der Waals surface area contributed by atoms with Crippen molar-refractivity contribution >= 4 is 11.6 Å². The number of nitrogens with one attached hydrogen (secondary N) is 1. The van der Waals surface area contributed by atoms with Gasteiger partial charge in [-0.05, 0) is 12.8 Å². The molecule has 2 unspecified atom stereocenters. The molecule has 0 radical (unpaired) electrons. The molecule has 1 heterocycles. The smallest absolute Gasteiger partial charge is 0.158 e. The molecule has 1 aromatic rings. The Morgan fingerprint density at radius 3 is 2.95 bits per heavy atom. The van der Waals surface area contributed by atoms with Gasteiger partial charge in [0.1, 0.15) is 18.2 Å². The second kappa shape index (κ2) is 6.68. The lowest BCUT2D eigenvalue weighted by atomic mass is 9.86. The van der Waals surface area contributed by atoms with Crippen LogP contribution in [0.3, 0.4) is 0 Å². The summed E-state index contributed by atoms with van der Waals surface area (Å²) in [5.74, 6) is 1.97. The van der Waals surface area contributed by atoms with Crippen molar-refractivity contribution in [2.24, 2.45) is 5.92 Å². The van der Waals surface area contributed by atoms with E-state index in [0.717, 1.165) is 19.3 Å². The summed E-state index contributed by atoms with van der Waals surface area (Å²) in [5.41, 5.74) is 5.73. The summed E-state index contributed by atoms with van der Waals surface area (Å²) in [6.07, 6.45) is 4.05. The molecule has 106 valence electrons. The second-order valence-electron chi connectivity index (χ2n) is 5.02. The Kier molecular flexibility index (Phi) is 4.93. The first-order valence-corrected chi connectivity index (χ1v) is 6.73. The molecule has 1 saturated carbocycles. The minimum absolute atomic E-state index is 0.209.